The van der Waals surface area contributed by atoms with Crippen LogP contribution >= 0.6 is 15.9 Å². The molecule has 0 aliphatic heterocycles. The summed E-state index contributed by atoms with van der Waals surface area (Å²) in [6.07, 6.45) is 5.17. The molecule has 0 aromatic heterocycles. The molecule has 1 aromatic rings. The molecule has 0 saturated heterocycles. The van der Waals surface area contributed by atoms with E-state index >= 15 is 0 Å². The van der Waals surface area contributed by atoms with E-state index < -0.39 is 21.6 Å². The van der Waals surface area contributed by atoms with Gasteiger partial charge in [0.15, 0.2) is 5.54 Å². The first kappa shape index (κ1) is 25.1. The van der Waals surface area contributed by atoms with E-state index in [4.69, 9.17) is 9.47 Å². The summed E-state index contributed by atoms with van der Waals surface area (Å²) in [6, 6.07) is 6.47. The monoisotopic (exact) mass is 511 g/mol. The molecule has 1 aromatic carbocycles. The van der Waals surface area contributed by atoms with Crippen molar-refractivity contribution in [2.45, 2.75) is 83.1 Å². The van der Waals surface area contributed by atoms with Gasteiger partial charge in [-0.1, -0.05) is 41.9 Å². The van der Waals surface area contributed by atoms with Gasteiger partial charge in [-0.2, -0.15) is 0 Å². The maximum Gasteiger partial charge on any atom is 0.151 e. The van der Waals surface area contributed by atoms with E-state index in [2.05, 4.69) is 52.4 Å². The summed E-state index contributed by atoms with van der Waals surface area (Å²) >= 11 is 2.38. The zero-order valence-corrected chi connectivity index (χ0v) is 22.2. The van der Waals surface area contributed by atoms with E-state index in [0.29, 0.717) is 18.3 Å². The third-order valence-corrected chi connectivity index (χ3v) is 9.35. The summed E-state index contributed by atoms with van der Waals surface area (Å²) in [4.78, 5) is 0. The Morgan fingerprint density at radius 3 is 2.65 bits per heavy atom. The molecule has 174 valence electrons. The van der Waals surface area contributed by atoms with Crippen LogP contribution in [-0.4, -0.2) is 29.1 Å². The minimum absolute atomic E-state index is 0.168. The van der Waals surface area contributed by atoms with Gasteiger partial charge in [-0.25, -0.2) is 0 Å². The summed E-state index contributed by atoms with van der Waals surface area (Å²) in [5.74, 6) is 1.12. The lowest BCUT2D eigenvalue weighted by Crippen LogP contribution is -2.61. The lowest BCUT2D eigenvalue weighted by molar-refractivity contribution is -0.0547. The van der Waals surface area contributed by atoms with Gasteiger partial charge in [-0.05, 0) is 82.6 Å². The predicted octanol–water partition coefficient (Wildman–Crippen LogP) is 6.01. The first-order chi connectivity index (χ1) is 14.5. The highest BCUT2D eigenvalue weighted by Gasteiger charge is 2.64. The van der Waals surface area contributed by atoms with Gasteiger partial charge in [0.25, 0.3) is 0 Å². The van der Waals surface area contributed by atoms with Crippen LogP contribution < -0.4 is 4.72 Å². The van der Waals surface area contributed by atoms with Gasteiger partial charge in [-0.15, -0.1) is 4.72 Å². The van der Waals surface area contributed by atoms with Gasteiger partial charge in [0, 0.05) is 28.4 Å². The van der Waals surface area contributed by atoms with Gasteiger partial charge in [-0.3, -0.25) is 0 Å². The smallest absolute Gasteiger partial charge is 0.151 e. The largest absolute Gasteiger partial charge is 0.598 e. The van der Waals surface area contributed by atoms with Crippen LogP contribution in [0.4, 0.5) is 0 Å². The van der Waals surface area contributed by atoms with Crippen LogP contribution in [0.2, 0.25) is 0 Å². The Bertz CT molecular complexity index is 810. The molecule has 6 heteroatoms. The Morgan fingerprint density at radius 1 is 1.35 bits per heavy atom. The molecule has 1 spiro atoms. The quantitative estimate of drug-likeness (QED) is 0.359. The fraction of sp³-hybridized carbons (Fsp3) is 0.680. The molecule has 2 aliphatic carbocycles. The predicted molar refractivity (Wildman–Crippen MR) is 132 cm³/mol. The van der Waals surface area contributed by atoms with E-state index in [0.717, 1.165) is 42.1 Å². The molecular formula is C25H38BrNO3S. The minimum atomic E-state index is -1.29. The van der Waals surface area contributed by atoms with E-state index in [1.165, 1.54) is 5.56 Å². The van der Waals surface area contributed by atoms with Crippen molar-refractivity contribution < 1.29 is 14.0 Å². The van der Waals surface area contributed by atoms with Crippen LogP contribution in [0.5, 0.6) is 0 Å². The fourth-order valence-corrected chi connectivity index (χ4v) is 7.07. The number of halogens is 1. The third-order valence-electron chi connectivity index (χ3n) is 7.25. The lowest BCUT2D eigenvalue weighted by Gasteiger charge is -2.52. The number of benzene rings is 1. The van der Waals surface area contributed by atoms with Crippen molar-refractivity contribution in [1.29, 1.82) is 0 Å². The van der Waals surface area contributed by atoms with Crippen molar-refractivity contribution in [1.82, 2.24) is 4.72 Å². The number of fused-ring (bicyclic) bond motifs is 1. The molecule has 31 heavy (non-hydrogen) atoms. The Balaban J connectivity index is 2.22. The third kappa shape index (κ3) is 4.35. The Morgan fingerprint density at radius 2 is 2.06 bits per heavy atom. The van der Waals surface area contributed by atoms with Gasteiger partial charge in [0.05, 0.1) is 12.7 Å². The van der Waals surface area contributed by atoms with Crippen molar-refractivity contribution in [3.8, 4) is 0 Å². The van der Waals surface area contributed by atoms with E-state index in [1.54, 1.807) is 0 Å². The number of methoxy groups -OCH3 is 1. The zero-order valence-electron chi connectivity index (χ0n) is 19.8. The standard InChI is InChI=1S/C25H38BrNO3S/c1-8-18-15-24(13-12-22(18)29-7)16-19-10-11-20(26)14-21(19)25(24,17(3)30-9-2)27-31(28)23(4,5)6/h10-11,14,18,22,27H,3,8-9,12-13,15-16H2,1-2,4-7H3/t18-,22-,24-,25+,31+/m1/s1. The van der Waals surface area contributed by atoms with Crippen molar-refractivity contribution in [3.63, 3.8) is 0 Å². The number of nitrogens with one attached hydrogen (secondary N) is 1. The highest BCUT2D eigenvalue weighted by Crippen LogP contribution is 2.62. The molecular weight excluding hydrogens is 474 g/mol. The molecule has 5 atom stereocenters. The molecule has 0 heterocycles. The topological polar surface area (TPSA) is 53.5 Å². The Kier molecular flexibility index (Phi) is 7.59. The van der Waals surface area contributed by atoms with Crippen LogP contribution in [0.25, 0.3) is 0 Å². The van der Waals surface area contributed by atoms with Crippen LogP contribution in [0.15, 0.2) is 35.0 Å². The van der Waals surface area contributed by atoms with Crippen molar-refractivity contribution in [2.75, 3.05) is 13.7 Å². The van der Waals surface area contributed by atoms with Gasteiger partial charge >= 0.3 is 0 Å². The van der Waals surface area contributed by atoms with Crippen LogP contribution in [-0.2, 0) is 32.8 Å². The second kappa shape index (κ2) is 9.38. The fourth-order valence-electron chi connectivity index (χ4n) is 5.68. The van der Waals surface area contributed by atoms with Crippen molar-refractivity contribution >= 4 is 27.3 Å². The molecule has 0 amide bonds. The van der Waals surface area contributed by atoms with Crippen molar-refractivity contribution in [3.05, 3.63) is 46.1 Å². The second-order valence-electron chi connectivity index (χ2n) is 10.0. The zero-order chi connectivity index (χ0) is 23.0. The van der Waals surface area contributed by atoms with E-state index in [9.17, 15) is 4.55 Å². The number of ether oxygens (including phenoxy) is 2. The molecule has 1 N–H and O–H groups in total. The van der Waals surface area contributed by atoms with Crippen molar-refractivity contribution in [2.24, 2.45) is 11.3 Å². The molecule has 1 saturated carbocycles. The first-order valence-corrected chi connectivity index (χ1v) is 13.3. The molecule has 0 radical (unpaired) electrons. The van der Waals surface area contributed by atoms with Gasteiger partial charge < -0.3 is 14.0 Å². The molecule has 1 fully saturated rings. The van der Waals surface area contributed by atoms with Crippen LogP contribution in [0.3, 0.4) is 0 Å². The summed E-state index contributed by atoms with van der Waals surface area (Å²) in [5, 5.41) is 0. The van der Waals surface area contributed by atoms with E-state index in [-0.39, 0.29) is 11.5 Å². The molecule has 0 unspecified atom stereocenters. The average Bonchev–Trinajstić information content (AvgIpc) is 2.96. The Labute approximate surface area is 200 Å². The first-order valence-electron chi connectivity index (χ1n) is 11.4. The maximum atomic E-state index is 13.6. The lowest BCUT2D eigenvalue weighted by atomic mass is 9.58. The summed E-state index contributed by atoms with van der Waals surface area (Å²) < 4.78 is 29.8. The highest BCUT2D eigenvalue weighted by molar-refractivity contribution is 9.10. The molecule has 0 bridgehead atoms. The second-order valence-corrected chi connectivity index (χ2v) is 12.9. The molecule has 2 aliphatic rings. The summed E-state index contributed by atoms with van der Waals surface area (Å²) in [6.45, 7) is 15.2. The average molecular weight is 513 g/mol. The maximum absolute atomic E-state index is 13.6. The Hall–Kier alpha value is -0.530. The summed E-state index contributed by atoms with van der Waals surface area (Å²) in [5.41, 5.74) is 1.54. The number of hydrogen-bond acceptors (Lipinski definition) is 4. The van der Waals surface area contributed by atoms with Gasteiger partial charge in [0.2, 0.25) is 0 Å². The SMILES string of the molecule is C=C(OCC)[C@]1(N[S@@+]([O-])C(C)(C)C)c2cc(Br)ccc2C[C@]12CC[C@@H](OC)[C@H](CC)C2. The minimum Gasteiger partial charge on any atom is -0.598 e. The molecule has 4 nitrogen and oxygen atoms in total. The summed E-state index contributed by atoms with van der Waals surface area (Å²) in [7, 11) is 1.82. The number of hydrogen-bond donors (Lipinski definition) is 1. The normalized spacial score (nSPS) is 31.5. The van der Waals surface area contributed by atoms with Crippen LogP contribution in [0.1, 0.15) is 71.4 Å². The highest BCUT2D eigenvalue weighted by atomic mass is 79.9. The van der Waals surface area contributed by atoms with Crippen LogP contribution in [0, 0.1) is 11.3 Å². The van der Waals surface area contributed by atoms with E-state index in [1.807, 2.05) is 34.8 Å². The molecule has 3 rings (SSSR count). The number of rotatable bonds is 7. The van der Waals surface area contributed by atoms with Gasteiger partial charge in [0.1, 0.15) is 10.5 Å².